The summed E-state index contributed by atoms with van der Waals surface area (Å²) in [5, 5.41) is 4.19. The number of imidazole rings is 1. The van der Waals surface area contributed by atoms with Crippen molar-refractivity contribution in [3.8, 4) is 5.75 Å². The first-order valence-electron chi connectivity index (χ1n) is 8.17. The van der Waals surface area contributed by atoms with Gasteiger partial charge in [-0.25, -0.2) is 10.2 Å². The Kier molecular flexibility index (Phi) is 4.87. The van der Waals surface area contributed by atoms with E-state index in [1.165, 1.54) is 4.57 Å². The van der Waals surface area contributed by atoms with Gasteiger partial charge in [0.25, 0.3) is 5.56 Å². The Hall–Kier alpha value is -3.36. The molecule has 0 fully saturated rings. The average molecular weight is 356 g/mol. The van der Waals surface area contributed by atoms with E-state index in [0.29, 0.717) is 23.7 Å². The van der Waals surface area contributed by atoms with E-state index in [2.05, 4.69) is 20.5 Å². The van der Waals surface area contributed by atoms with Crippen LogP contribution in [-0.4, -0.2) is 32.4 Å². The molecule has 1 aromatic carbocycles. The highest BCUT2D eigenvalue weighted by molar-refractivity contribution is 5.80. The number of aromatic amines is 1. The number of hydrogen-bond acceptors (Lipinski definition) is 6. The van der Waals surface area contributed by atoms with Crippen LogP contribution in [0.25, 0.3) is 11.2 Å². The summed E-state index contributed by atoms with van der Waals surface area (Å²) in [5.74, 6) is 1.17. The van der Waals surface area contributed by atoms with Crippen molar-refractivity contribution in [2.45, 2.75) is 19.9 Å². The van der Waals surface area contributed by atoms with Crippen LogP contribution >= 0.6 is 0 Å². The van der Waals surface area contributed by atoms with Crippen molar-refractivity contribution >= 4 is 23.3 Å². The predicted molar refractivity (Wildman–Crippen MR) is 100 cm³/mol. The van der Waals surface area contributed by atoms with Crippen molar-refractivity contribution in [3.63, 3.8) is 0 Å². The van der Waals surface area contributed by atoms with Crippen LogP contribution in [0.4, 0.5) is 5.95 Å². The maximum atomic E-state index is 12.2. The van der Waals surface area contributed by atoms with Crippen molar-refractivity contribution in [3.05, 3.63) is 50.7 Å². The third-order valence-corrected chi connectivity index (χ3v) is 3.95. The average Bonchev–Trinajstić information content (AvgIpc) is 3.00. The number of anilines is 1. The lowest BCUT2D eigenvalue weighted by atomic mass is 10.2. The number of rotatable bonds is 6. The molecular weight excluding hydrogens is 336 g/mol. The number of ether oxygens (including phenoxy) is 1. The first kappa shape index (κ1) is 17.5. The van der Waals surface area contributed by atoms with Crippen LogP contribution in [0.15, 0.2) is 39.0 Å². The number of aromatic nitrogens is 4. The molecule has 136 valence electrons. The first-order valence-corrected chi connectivity index (χ1v) is 8.17. The van der Waals surface area contributed by atoms with E-state index in [1.807, 2.05) is 31.2 Å². The Morgan fingerprint density at radius 3 is 2.69 bits per heavy atom. The summed E-state index contributed by atoms with van der Waals surface area (Å²) < 4.78 is 8.15. The number of H-pyrrole nitrogens is 1. The summed E-state index contributed by atoms with van der Waals surface area (Å²) in [6.07, 6.45) is 2.43. The van der Waals surface area contributed by atoms with Gasteiger partial charge in [0.15, 0.2) is 11.2 Å². The molecule has 0 unspecified atom stereocenters. The van der Waals surface area contributed by atoms with Crippen LogP contribution in [0.3, 0.4) is 0 Å². The minimum absolute atomic E-state index is 0.314. The molecule has 2 N–H and O–H groups in total. The molecule has 3 rings (SSSR count). The van der Waals surface area contributed by atoms with E-state index in [4.69, 9.17) is 4.74 Å². The van der Waals surface area contributed by atoms with Gasteiger partial charge in [0.05, 0.1) is 13.3 Å². The lowest BCUT2D eigenvalue weighted by molar-refractivity contribution is 0.415. The highest BCUT2D eigenvalue weighted by Gasteiger charge is 2.16. The van der Waals surface area contributed by atoms with Gasteiger partial charge in [-0.1, -0.05) is 6.92 Å². The molecule has 0 saturated heterocycles. The van der Waals surface area contributed by atoms with Crippen LogP contribution in [0.5, 0.6) is 5.75 Å². The van der Waals surface area contributed by atoms with Gasteiger partial charge in [0.1, 0.15) is 5.75 Å². The van der Waals surface area contributed by atoms with Crippen molar-refractivity contribution in [2.24, 2.45) is 12.1 Å². The van der Waals surface area contributed by atoms with E-state index in [9.17, 15) is 9.59 Å². The maximum Gasteiger partial charge on any atom is 0.329 e. The van der Waals surface area contributed by atoms with E-state index >= 15 is 0 Å². The van der Waals surface area contributed by atoms with Crippen molar-refractivity contribution in [2.75, 3.05) is 12.5 Å². The molecule has 2 heterocycles. The van der Waals surface area contributed by atoms with Crippen LogP contribution in [0.2, 0.25) is 0 Å². The summed E-state index contributed by atoms with van der Waals surface area (Å²) in [6, 6.07) is 7.41. The lowest BCUT2D eigenvalue weighted by Crippen LogP contribution is -2.29. The summed E-state index contributed by atoms with van der Waals surface area (Å²) >= 11 is 0. The third kappa shape index (κ3) is 3.23. The molecule has 0 atom stereocenters. The zero-order valence-electron chi connectivity index (χ0n) is 14.8. The lowest BCUT2D eigenvalue weighted by Gasteiger charge is -2.06. The quantitative estimate of drug-likeness (QED) is 0.511. The molecule has 0 spiro atoms. The SMILES string of the molecule is CCCn1c(NN=Cc2ccc(OC)cc2)nc2c1c(=O)[nH]c(=O)n2C. The number of hydrogen-bond donors (Lipinski definition) is 2. The Bertz CT molecular complexity index is 1060. The smallest absolute Gasteiger partial charge is 0.329 e. The molecule has 9 heteroatoms. The Morgan fingerprint density at radius 2 is 2.04 bits per heavy atom. The number of nitrogens with zero attached hydrogens (tertiary/aromatic N) is 4. The molecular formula is C17H20N6O3. The van der Waals surface area contributed by atoms with Gasteiger partial charge in [-0.05, 0) is 36.2 Å². The molecule has 0 amide bonds. The fourth-order valence-electron chi connectivity index (χ4n) is 2.62. The van der Waals surface area contributed by atoms with E-state index in [1.54, 1.807) is 24.9 Å². The normalized spacial score (nSPS) is 11.3. The van der Waals surface area contributed by atoms with Crippen LogP contribution in [-0.2, 0) is 13.6 Å². The molecule has 0 saturated carbocycles. The minimum atomic E-state index is -0.503. The van der Waals surface area contributed by atoms with Gasteiger partial charge < -0.3 is 9.30 Å². The van der Waals surface area contributed by atoms with Gasteiger partial charge in [-0.3, -0.25) is 14.3 Å². The summed E-state index contributed by atoms with van der Waals surface area (Å²) in [7, 11) is 3.17. The van der Waals surface area contributed by atoms with Gasteiger partial charge in [-0.2, -0.15) is 10.1 Å². The summed E-state index contributed by atoms with van der Waals surface area (Å²) in [4.78, 5) is 30.7. The molecule has 0 bridgehead atoms. The fourth-order valence-corrected chi connectivity index (χ4v) is 2.62. The second-order valence-electron chi connectivity index (χ2n) is 5.72. The number of aryl methyl sites for hydroxylation is 2. The van der Waals surface area contributed by atoms with E-state index < -0.39 is 11.2 Å². The van der Waals surface area contributed by atoms with E-state index in [-0.39, 0.29) is 0 Å². The Labute approximate surface area is 148 Å². The number of methoxy groups -OCH3 is 1. The predicted octanol–water partition coefficient (Wildman–Crippen LogP) is 1.29. The summed E-state index contributed by atoms with van der Waals surface area (Å²) in [5.41, 5.74) is 3.43. The van der Waals surface area contributed by atoms with E-state index in [0.717, 1.165) is 17.7 Å². The molecule has 26 heavy (non-hydrogen) atoms. The molecule has 9 nitrogen and oxygen atoms in total. The maximum absolute atomic E-state index is 12.2. The molecule has 2 aromatic heterocycles. The van der Waals surface area contributed by atoms with Gasteiger partial charge >= 0.3 is 5.69 Å². The van der Waals surface area contributed by atoms with Crippen LogP contribution in [0.1, 0.15) is 18.9 Å². The number of nitrogens with one attached hydrogen (secondary N) is 2. The van der Waals surface area contributed by atoms with Gasteiger partial charge in [-0.15, -0.1) is 0 Å². The fraction of sp³-hybridized carbons (Fsp3) is 0.294. The second kappa shape index (κ2) is 7.26. The Morgan fingerprint density at radius 1 is 1.31 bits per heavy atom. The minimum Gasteiger partial charge on any atom is -0.497 e. The zero-order chi connectivity index (χ0) is 18.7. The zero-order valence-corrected chi connectivity index (χ0v) is 14.8. The standard InChI is InChI=1S/C17H20N6O3/c1-4-9-23-13-14(22(2)17(25)20-15(13)24)19-16(23)21-18-10-11-5-7-12(26-3)8-6-11/h5-8,10H,4,9H2,1-3H3,(H,19,21)(H,20,24,25). The third-order valence-electron chi connectivity index (χ3n) is 3.95. The monoisotopic (exact) mass is 356 g/mol. The van der Waals surface area contributed by atoms with Crippen molar-refractivity contribution in [1.82, 2.24) is 19.1 Å². The van der Waals surface area contributed by atoms with Gasteiger partial charge in [0.2, 0.25) is 5.95 Å². The van der Waals surface area contributed by atoms with Crippen LogP contribution in [0, 0.1) is 0 Å². The summed E-state index contributed by atoms with van der Waals surface area (Å²) in [6.45, 7) is 2.56. The molecule has 3 aromatic rings. The Balaban J connectivity index is 1.96. The number of benzene rings is 1. The highest BCUT2D eigenvalue weighted by Crippen LogP contribution is 2.16. The number of fused-ring (bicyclic) bond motifs is 1. The second-order valence-corrected chi connectivity index (χ2v) is 5.72. The largest absolute Gasteiger partial charge is 0.497 e. The molecule has 0 radical (unpaired) electrons. The van der Waals surface area contributed by atoms with Gasteiger partial charge in [0, 0.05) is 13.6 Å². The van der Waals surface area contributed by atoms with Crippen molar-refractivity contribution < 1.29 is 4.74 Å². The topological polar surface area (TPSA) is 106 Å². The molecule has 0 aliphatic heterocycles. The number of hydrazone groups is 1. The molecule has 0 aliphatic rings. The highest BCUT2D eigenvalue weighted by atomic mass is 16.5. The first-order chi connectivity index (χ1) is 12.5. The van der Waals surface area contributed by atoms with Crippen molar-refractivity contribution in [1.29, 1.82) is 0 Å². The van der Waals surface area contributed by atoms with Crippen LogP contribution < -0.4 is 21.4 Å². The molecule has 0 aliphatic carbocycles.